The molecule has 166 valence electrons. The van der Waals surface area contributed by atoms with Gasteiger partial charge in [-0.1, -0.05) is 29.8 Å². The molecule has 0 N–H and O–H groups in total. The lowest BCUT2D eigenvalue weighted by atomic mass is 10.1. The highest BCUT2D eigenvalue weighted by molar-refractivity contribution is 6.30. The summed E-state index contributed by atoms with van der Waals surface area (Å²) in [7, 11) is 2.02. The van der Waals surface area contributed by atoms with Crippen LogP contribution in [0.1, 0.15) is 47.9 Å². The molecule has 1 aromatic carbocycles. The summed E-state index contributed by atoms with van der Waals surface area (Å²) in [5, 5.41) is 0.715. The van der Waals surface area contributed by atoms with Crippen LogP contribution in [0.4, 0.5) is 0 Å². The van der Waals surface area contributed by atoms with Crippen LogP contribution in [0.15, 0.2) is 61.1 Å². The molecule has 2 aromatic heterocycles. The molecule has 0 unspecified atom stereocenters. The number of carbonyl (C=O) groups is 1. The van der Waals surface area contributed by atoms with Crippen molar-refractivity contribution in [2.45, 2.75) is 38.3 Å². The maximum Gasteiger partial charge on any atom is 0.224 e. The number of aromatic nitrogens is 3. The quantitative estimate of drug-likeness (QED) is 0.513. The van der Waals surface area contributed by atoms with Crippen molar-refractivity contribution in [3.8, 4) is 0 Å². The maximum atomic E-state index is 13.0. The van der Waals surface area contributed by atoms with Crippen LogP contribution in [0.3, 0.4) is 0 Å². The van der Waals surface area contributed by atoms with Gasteiger partial charge in [-0.05, 0) is 49.7 Å². The van der Waals surface area contributed by atoms with Crippen LogP contribution in [0.2, 0.25) is 5.02 Å². The van der Waals surface area contributed by atoms with Crippen LogP contribution in [0.25, 0.3) is 0 Å². The van der Waals surface area contributed by atoms with Crippen molar-refractivity contribution in [2.75, 3.05) is 20.1 Å². The molecule has 1 amide bonds. The molecule has 7 heteroatoms. The van der Waals surface area contributed by atoms with Crippen LogP contribution >= 0.6 is 11.6 Å². The fraction of sp³-hybridized carbons (Fsp3) is 0.360. The molecule has 3 aromatic rings. The molecule has 0 saturated carbocycles. The van der Waals surface area contributed by atoms with Crippen molar-refractivity contribution < 1.29 is 4.79 Å². The van der Waals surface area contributed by atoms with Crippen molar-refractivity contribution in [3.05, 3.63) is 88.7 Å². The van der Waals surface area contributed by atoms with E-state index in [9.17, 15) is 4.79 Å². The molecule has 1 atom stereocenters. The number of rotatable bonds is 8. The SMILES string of the molecule is CN(CCC(=O)N1CCC[C@@H]1c1cncc(Cc2cccc(Cl)c2)n1)Cc1ccccn1. The third-order valence-electron chi connectivity index (χ3n) is 5.76. The summed E-state index contributed by atoms with van der Waals surface area (Å²) in [4.78, 5) is 30.7. The monoisotopic (exact) mass is 449 g/mol. The highest BCUT2D eigenvalue weighted by Gasteiger charge is 2.31. The minimum Gasteiger partial charge on any atom is -0.334 e. The number of halogens is 1. The summed E-state index contributed by atoms with van der Waals surface area (Å²) in [6.45, 7) is 2.20. The van der Waals surface area contributed by atoms with E-state index in [0.29, 0.717) is 24.4 Å². The van der Waals surface area contributed by atoms with Gasteiger partial charge >= 0.3 is 0 Å². The number of amides is 1. The highest BCUT2D eigenvalue weighted by Crippen LogP contribution is 2.31. The Morgan fingerprint density at radius 3 is 2.91 bits per heavy atom. The van der Waals surface area contributed by atoms with Crippen LogP contribution in [0.5, 0.6) is 0 Å². The average molecular weight is 450 g/mol. The van der Waals surface area contributed by atoms with E-state index in [0.717, 1.165) is 48.6 Å². The van der Waals surface area contributed by atoms with E-state index in [-0.39, 0.29) is 11.9 Å². The summed E-state index contributed by atoms with van der Waals surface area (Å²) < 4.78 is 0. The molecule has 0 spiro atoms. The van der Waals surface area contributed by atoms with Crippen molar-refractivity contribution in [1.82, 2.24) is 24.8 Å². The van der Waals surface area contributed by atoms with Gasteiger partial charge in [0.2, 0.25) is 5.91 Å². The number of carbonyl (C=O) groups excluding carboxylic acids is 1. The smallest absolute Gasteiger partial charge is 0.224 e. The lowest BCUT2D eigenvalue weighted by Gasteiger charge is -2.25. The van der Waals surface area contributed by atoms with E-state index in [4.69, 9.17) is 16.6 Å². The van der Waals surface area contributed by atoms with Gasteiger partial charge in [0.25, 0.3) is 0 Å². The van der Waals surface area contributed by atoms with E-state index in [2.05, 4.69) is 14.9 Å². The molecule has 0 bridgehead atoms. The Bertz CT molecular complexity index is 1050. The first-order chi connectivity index (χ1) is 15.6. The van der Waals surface area contributed by atoms with Gasteiger partial charge in [0.05, 0.1) is 29.3 Å². The first-order valence-corrected chi connectivity index (χ1v) is 11.4. The zero-order valence-electron chi connectivity index (χ0n) is 18.3. The number of nitrogens with zero attached hydrogens (tertiary/aromatic N) is 5. The third kappa shape index (κ3) is 5.90. The Morgan fingerprint density at radius 1 is 1.19 bits per heavy atom. The van der Waals surface area contributed by atoms with Gasteiger partial charge < -0.3 is 9.80 Å². The standard InChI is InChI=1S/C25H28ClN5O/c1-30(18-21-8-2-3-11-28-21)13-10-25(32)31-12-5-9-24(31)23-17-27-16-22(29-23)15-19-6-4-7-20(26)14-19/h2-4,6-8,11,14,16-17,24H,5,9-10,12-13,15,18H2,1H3/t24-/m1/s1. The van der Waals surface area contributed by atoms with Gasteiger partial charge in [-0.3, -0.25) is 19.7 Å². The Balaban J connectivity index is 1.37. The number of likely N-dealkylation sites (tertiary alicyclic amines) is 1. The predicted octanol–water partition coefficient (Wildman–Crippen LogP) is 4.30. The average Bonchev–Trinajstić information content (AvgIpc) is 3.29. The summed E-state index contributed by atoms with van der Waals surface area (Å²) >= 11 is 6.11. The highest BCUT2D eigenvalue weighted by atomic mass is 35.5. The molecular weight excluding hydrogens is 422 g/mol. The number of pyridine rings is 1. The Labute approximate surface area is 194 Å². The molecule has 1 aliphatic heterocycles. The van der Waals surface area contributed by atoms with Gasteiger partial charge in [-0.25, -0.2) is 0 Å². The van der Waals surface area contributed by atoms with E-state index >= 15 is 0 Å². The fourth-order valence-corrected chi connectivity index (χ4v) is 4.39. The Hall–Kier alpha value is -2.83. The van der Waals surface area contributed by atoms with Gasteiger partial charge in [-0.15, -0.1) is 0 Å². The van der Waals surface area contributed by atoms with E-state index in [1.807, 2.05) is 54.4 Å². The maximum absolute atomic E-state index is 13.0. The van der Waals surface area contributed by atoms with Gasteiger partial charge in [0.15, 0.2) is 0 Å². The summed E-state index contributed by atoms with van der Waals surface area (Å²) in [5.41, 5.74) is 3.86. The minimum atomic E-state index is -0.00425. The molecule has 4 rings (SSSR count). The Morgan fingerprint density at radius 2 is 2.09 bits per heavy atom. The normalized spacial score (nSPS) is 16.0. The van der Waals surface area contributed by atoms with Crippen LogP contribution in [0, 0.1) is 0 Å². The second kappa shape index (κ2) is 10.7. The van der Waals surface area contributed by atoms with Crippen molar-refractivity contribution in [3.63, 3.8) is 0 Å². The van der Waals surface area contributed by atoms with E-state index < -0.39 is 0 Å². The van der Waals surface area contributed by atoms with Crippen LogP contribution in [-0.2, 0) is 17.8 Å². The van der Waals surface area contributed by atoms with Crippen LogP contribution in [-0.4, -0.2) is 50.8 Å². The largest absolute Gasteiger partial charge is 0.334 e. The molecule has 0 radical (unpaired) electrons. The van der Waals surface area contributed by atoms with Gasteiger partial charge in [0, 0.05) is 49.9 Å². The first-order valence-electron chi connectivity index (χ1n) is 11.0. The second-order valence-electron chi connectivity index (χ2n) is 8.30. The first kappa shape index (κ1) is 22.4. The molecule has 32 heavy (non-hydrogen) atoms. The molecule has 6 nitrogen and oxygen atoms in total. The minimum absolute atomic E-state index is 0.00425. The lowest BCUT2D eigenvalue weighted by molar-refractivity contribution is -0.132. The zero-order chi connectivity index (χ0) is 22.3. The van der Waals surface area contributed by atoms with Gasteiger partial charge in [-0.2, -0.15) is 0 Å². The zero-order valence-corrected chi connectivity index (χ0v) is 19.1. The molecule has 1 aliphatic rings. The van der Waals surface area contributed by atoms with E-state index in [1.165, 1.54) is 0 Å². The molecule has 3 heterocycles. The number of hydrogen-bond acceptors (Lipinski definition) is 5. The van der Waals surface area contributed by atoms with E-state index in [1.54, 1.807) is 18.6 Å². The summed E-state index contributed by atoms with van der Waals surface area (Å²) in [6, 6.07) is 13.7. The molecule has 0 aliphatic carbocycles. The van der Waals surface area contributed by atoms with Crippen molar-refractivity contribution in [1.29, 1.82) is 0 Å². The second-order valence-corrected chi connectivity index (χ2v) is 8.73. The topological polar surface area (TPSA) is 62.2 Å². The van der Waals surface area contributed by atoms with Gasteiger partial charge in [0.1, 0.15) is 0 Å². The Kier molecular flexibility index (Phi) is 7.45. The third-order valence-corrected chi connectivity index (χ3v) is 5.99. The molecule has 1 saturated heterocycles. The van der Waals surface area contributed by atoms with Crippen LogP contribution < -0.4 is 0 Å². The number of benzene rings is 1. The summed E-state index contributed by atoms with van der Waals surface area (Å²) in [5.74, 6) is 0.169. The lowest BCUT2D eigenvalue weighted by Crippen LogP contribution is -2.33. The summed E-state index contributed by atoms with van der Waals surface area (Å²) in [6.07, 6.45) is 8.44. The predicted molar refractivity (Wildman–Crippen MR) is 125 cm³/mol. The molecule has 1 fully saturated rings. The fourth-order valence-electron chi connectivity index (χ4n) is 4.18. The van der Waals surface area contributed by atoms with Crippen molar-refractivity contribution >= 4 is 17.5 Å². The van der Waals surface area contributed by atoms with Crippen molar-refractivity contribution in [2.24, 2.45) is 0 Å². The molecular formula is C25H28ClN5O. The number of hydrogen-bond donors (Lipinski definition) is 0.